The summed E-state index contributed by atoms with van der Waals surface area (Å²) < 4.78 is 0. The number of hydrogen-bond acceptors (Lipinski definition) is 5. The molecule has 0 aromatic rings. The van der Waals surface area contributed by atoms with E-state index in [0.717, 1.165) is 19.4 Å². The van der Waals surface area contributed by atoms with Crippen molar-refractivity contribution in [2.45, 2.75) is 58.0 Å². The SMILES string of the molecule is CC(C)(C)CN1CCCC(N2C[C@@H](O)C(O)[C@@H](O)C2)C1=O. The molecule has 2 unspecified atom stereocenters. The van der Waals surface area contributed by atoms with Gasteiger partial charge in [-0.1, -0.05) is 20.8 Å². The van der Waals surface area contributed by atoms with Crippen LogP contribution in [0, 0.1) is 5.41 Å². The van der Waals surface area contributed by atoms with E-state index in [1.165, 1.54) is 0 Å². The number of rotatable bonds is 2. The van der Waals surface area contributed by atoms with Crippen molar-refractivity contribution < 1.29 is 20.1 Å². The first-order valence-electron chi connectivity index (χ1n) is 7.76. The molecule has 2 heterocycles. The van der Waals surface area contributed by atoms with Crippen LogP contribution in [-0.4, -0.2) is 81.6 Å². The van der Waals surface area contributed by atoms with E-state index >= 15 is 0 Å². The zero-order chi connectivity index (χ0) is 15.8. The van der Waals surface area contributed by atoms with Gasteiger partial charge < -0.3 is 20.2 Å². The Hall–Kier alpha value is -0.690. The second-order valence-corrected chi connectivity index (χ2v) is 7.56. The smallest absolute Gasteiger partial charge is 0.239 e. The van der Waals surface area contributed by atoms with Crippen LogP contribution in [0.15, 0.2) is 0 Å². The normalized spacial score (nSPS) is 36.1. The zero-order valence-electron chi connectivity index (χ0n) is 13.2. The summed E-state index contributed by atoms with van der Waals surface area (Å²) in [6.07, 6.45) is -1.45. The molecule has 6 nitrogen and oxygen atoms in total. The van der Waals surface area contributed by atoms with E-state index < -0.39 is 18.3 Å². The minimum absolute atomic E-state index is 0.0503. The molecule has 3 N–H and O–H groups in total. The van der Waals surface area contributed by atoms with Crippen molar-refractivity contribution in [2.24, 2.45) is 5.41 Å². The molecule has 6 heteroatoms. The molecule has 2 saturated heterocycles. The third-order valence-electron chi connectivity index (χ3n) is 4.24. The third-order valence-corrected chi connectivity index (χ3v) is 4.24. The number of carbonyl (C=O) groups excluding carboxylic acids is 1. The van der Waals surface area contributed by atoms with E-state index in [4.69, 9.17) is 0 Å². The average molecular weight is 300 g/mol. The molecule has 0 bridgehead atoms. The molecule has 2 rings (SSSR count). The van der Waals surface area contributed by atoms with Gasteiger partial charge in [0.2, 0.25) is 5.91 Å². The highest BCUT2D eigenvalue weighted by Crippen LogP contribution is 2.25. The fraction of sp³-hybridized carbons (Fsp3) is 0.933. The highest BCUT2D eigenvalue weighted by Gasteiger charge is 2.41. The van der Waals surface area contributed by atoms with E-state index in [1.807, 2.05) is 9.80 Å². The lowest BCUT2D eigenvalue weighted by atomic mass is 9.92. The molecule has 122 valence electrons. The van der Waals surface area contributed by atoms with Crippen molar-refractivity contribution in [1.82, 2.24) is 9.80 Å². The summed E-state index contributed by atoms with van der Waals surface area (Å²) in [4.78, 5) is 16.4. The largest absolute Gasteiger partial charge is 0.389 e. The monoisotopic (exact) mass is 300 g/mol. The number of β-amino-alcohol motifs (C(OH)–C–C–N with tert-alkyl or cyclic N) is 2. The number of piperidine rings is 2. The Morgan fingerprint density at radius 2 is 1.71 bits per heavy atom. The maximum Gasteiger partial charge on any atom is 0.239 e. The quantitative estimate of drug-likeness (QED) is 0.635. The van der Waals surface area contributed by atoms with Crippen LogP contribution in [-0.2, 0) is 4.79 Å². The summed E-state index contributed by atoms with van der Waals surface area (Å²) in [6, 6.07) is -0.294. The van der Waals surface area contributed by atoms with Gasteiger partial charge in [0.25, 0.3) is 0 Å². The van der Waals surface area contributed by atoms with Crippen LogP contribution in [0.5, 0.6) is 0 Å². The first-order valence-corrected chi connectivity index (χ1v) is 7.76. The topological polar surface area (TPSA) is 84.2 Å². The van der Waals surface area contributed by atoms with Crippen LogP contribution in [0.2, 0.25) is 0 Å². The predicted octanol–water partition coefficient (Wildman–Crippen LogP) is -0.578. The van der Waals surface area contributed by atoms with Crippen LogP contribution >= 0.6 is 0 Å². The highest BCUT2D eigenvalue weighted by atomic mass is 16.4. The standard InChI is InChI=1S/C15H28N2O4/c1-15(2,3)9-16-6-4-5-10(14(16)21)17-7-11(18)13(20)12(19)8-17/h10-13,18-20H,4-9H2,1-3H3/t10?,11-,12+,13?. The van der Waals surface area contributed by atoms with E-state index in [2.05, 4.69) is 20.8 Å². The van der Waals surface area contributed by atoms with Crippen LogP contribution in [0.4, 0.5) is 0 Å². The van der Waals surface area contributed by atoms with E-state index in [0.29, 0.717) is 6.54 Å². The van der Waals surface area contributed by atoms with Crippen LogP contribution in [0.1, 0.15) is 33.6 Å². The molecule has 0 aromatic carbocycles. The summed E-state index contributed by atoms with van der Waals surface area (Å²) in [5, 5.41) is 29.2. The number of likely N-dealkylation sites (tertiary alicyclic amines) is 2. The molecule has 2 aliphatic heterocycles. The number of aliphatic hydroxyl groups excluding tert-OH is 3. The number of hydrogen-bond donors (Lipinski definition) is 3. The first-order chi connectivity index (χ1) is 9.69. The summed E-state index contributed by atoms with van der Waals surface area (Å²) in [7, 11) is 0. The Morgan fingerprint density at radius 1 is 1.14 bits per heavy atom. The van der Waals surface area contributed by atoms with Gasteiger partial charge in [-0.25, -0.2) is 0 Å². The number of aliphatic hydroxyl groups is 3. The Bertz CT molecular complexity index is 370. The molecule has 0 spiro atoms. The molecule has 0 saturated carbocycles. The number of nitrogens with zero attached hydrogens (tertiary/aromatic N) is 2. The highest BCUT2D eigenvalue weighted by molar-refractivity contribution is 5.82. The molecular formula is C15H28N2O4. The zero-order valence-corrected chi connectivity index (χ0v) is 13.2. The van der Waals surface area contributed by atoms with Crippen molar-refractivity contribution in [2.75, 3.05) is 26.2 Å². The van der Waals surface area contributed by atoms with E-state index in [1.54, 1.807) is 0 Å². The minimum Gasteiger partial charge on any atom is -0.389 e. The maximum absolute atomic E-state index is 12.7. The second-order valence-electron chi connectivity index (χ2n) is 7.56. The Balaban J connectivity index is 2.04. The van der Waals surface area contributed by atoms with Gasteiger partial charge in [-0.15, -0.1) is 0 Å². The average Bonchev–Trinajstić information content (AvgIpc) is 2.36. The van der Waals surface area contributed by atoms with Crippen molar-refractivity contribution >= 4 is 5.91 Å². The molecule has 2 fully saturated rings. The molecule has 21 heavy (non-hydrogen) atoms. The molecule has 0 aliphatic carbocycles. The Labute approximate surface area is 126 Å². The predicted molar refractivity (Wildman–Crippen MR) is 78.7 cm³/mol. The maximum atomic E-state index is 12.7. The van der Waals surface area contributed by atoms with Crippen molar-refractivity contribution in [1.29, 1.82) is 0 Å². The number of amides is 1. The third kappa shape index (κ3) is 3.94. The molecule has 1 amide bonds. The summed E-state index contributed by atoms with van der Waals surface area (Å²) in [5.74, 6) is 0.0759. The molecular weight excluding hydrogens is 272 g/mol. The van der Waals surface area contributed by atoms with E-state index in [-0.39, 0.29) is 30.5 Å². The minimum atomic E-state index is -1.12. The molecule has 0 radical (unpaired) electrons. The van der Waals surface area contributed by atoms with Gasteiger partial charge in [0.1, 0.15) is 6.10 Å². The fourth-order valence-corrected chi connectivity index (χ4v) is 3.27. The lowest BCUT2D eigenvalue weighted by molar-refractivity contribution is -0.152. The Morgan fingerprint density at radius 3 is 2.24 bits per heavy atom. The number of carbonyl (C=O) groups is 1. The van der Waals surface area contributed by atoms with Gasteiger partial charge in [-0.05, 0) is 18.3 Å². The van der Waals surface area contributed by atoms with Crippen LogP contribution in [0.25, 0.3) is 0 Å². The van der Waals surface area contributed by atoms with Gasteiger partial charge in [0, 0.05) is 26.2 Å². The second kappa shape index (κ2) is 6.20. The van der Waals surface area contributed by atoms with Crippen molar-refractivity contribution in [3.63, 3.8) is 0 Å². The molecule has 0 aromatic heterocycles. The van der Waals surface area contributed by atoms with Gasteiger partial charge in [-0.3, -0.25) is 9.69 Å². The fourth-order valence-electron chi connectivity index (χ4n) is 3.27. The van der Waals surface area contributed by atoms with Gasteiger partial charge in [0.05, 0.1) is 18.2 Å². The lowest BCUT2D eigenvalue weighted by Crippen LogP contribution is -2.62. The van der Waals surface area contributed by atoms with Crippen molar-refractivity contribution in [3.05, 3.63) is 0 Å². The lowest BCUT2D eigenvalue weighted by Gasteiger charge is -2.44. The molecule has 2 aliphatic rings. The van der Waals surface area contributed by atoms with Gasteiger partial charge in [0.15, 0.2) is 0 Å². The first kappa shape index (κ1) is 16.7. The van der Waals surface area contributed by atoms with Gasteiger partial charge in [-0.2, -0.15) is 0 Å². The Kier molecular flexibility index (Phi) is 4.92. The van der Waals surface area contributed by atoms with E-state index in [9.17, 15) is 20.1 Å². The summed E-state index contributed by atoms with van der Waals surface area (Å²) in [5.41, 5.74) is 0.0503. The van der Waals surface area contributed by atoms with Crippen LogP contribution < -0.4 is 0 Å². The summed E-state index contributed by atoms with van der Waals surface area (Å²) >= 11 is 0. The summed E-state index contributed by atoms with van der Waals surface area (Å²) in [6.45, 7) is 8.27. The molecule has 4 atom stereocenters. The van der Waals surface area contributed by atoms with Crippen LogP contribution in [0.3, 0.4) is 0 Å². The van der Waals surface area contributed by atoms with Crippen molar-refractivity contribution in [3.8, 4) is 0 Å². The van der Waals surface area contributed by atoms with Gasteiger partial charge >= 0.3 is 0 Å².